The zero-order valence-electron chi connectivity index (χ0n) is 39.3. The number of hydrogen-bond acceptors (Lipinski definition) is 4. The van der Waals surface area contributed by atoms with Crippen LogP contribution in [0.5, 0.6) is 0 Å². The number of aryl methyl sites for hydroxylation is 2. The van der Waals surface area contributed by atoms with Gasteiger partial charge in [0.25, 0.3) is 23.6 Å². The second-order valence-corrected chi connectivity index (χ2v) is 19.2. The van der Waals surface area contributed by atoms with Crippen LogP contribution in [0.25, 0.3) is 43.1 Å². The average Bonchev–Trinajstić information content (AvgIpc) is 3.34. The molecule has 2 aliphatic heterocycles. The number of anilines is 2. The number of carbonyl (C=O) groups excluding carboxylic acids is 4. The summed E-state index contributed by atoms with van der Waals surface area (Å²) in [5, 5.41) is 6.54. The Bertz CT molecular complexity index is 2560. The van der Waals surface area contributed by atoms with Crippen LogP contribution in [0.1, 0.15) is 195 Å². The minimum absolute atomic E-state index is 0.335. The van der Waals surface area contributed by atoms with Crippen molar-refractivity contribution in [2.75, 3.05) is 9.80 Å². The smallest absolute Gasteiger partial charge is 0.265 e. The van der Waals surface area contributed by atoms with Gasteiger partial charge in [-0.25, -0.2) is 9.80 Å². The molecule has 0 aliphatic carbocycles. The van der Waals surface area contributed by atoms with E-state index in [1.54, 1.807) is 0 Å². The van der Waals surface area contributed by atoms with Gasteiger partial charge in [0.05, 0.1) is 11.4 Å². The fourth-order valence-electron chi connectivity index (χ4n) is 11.0. The van der Waals surface area contributed by atoms with E-state index in [9.17, 15) is 19.2 Å². The number of nitrogens with zero attached hydrogens (tertiary/aromatic N) is 2. The van der Waals surface area contributed by atoms with Gasteiger partial charge in [-0.2, -0.15) is 0 Å². The molecule has 0 spiro atoms. The van der Waals surface area contributed by atoms with Crippen molar-refractivity contribution in [1.82, 2.24) is 0 Å². The lowest BCUT2D eigenvalue weighted by atomic mass is 9.82. The van der Waals surface area contributed by atoms with Gasteiger partial charge in [-0.1, -0.05) is 178 Å². The maximum Gasteiger partial charge on any atom is 0.265 e. The molecule has 9 rings (SSSR count). The molecule has 6 heteroatoms. The van der Waals surface area contributed by atoms with Gasteiger partial charge in [0.15, 0.2) is 0 Å². The van der Waals surface area contributed by atoms with Gasteiger partial charge in [0, 0.05) is 33.0 Å². The average molecular weight is 879 g/mol. The van der Waals surface area contributed by atoms with Crippen LogP contribution in [0.3, 0.4) is 0 Å². The molecule has 0 fully saturated rings. The first-order valence-corrected chi connectivity index (χ1v) is 25.6. The first-order chi connectivity index (χ1) is 32.4. The maximum absolute atomic E-state index is 14.4. The highest BCUT2D eigenvalue weighted by Gasteiger charge is 2.38. The zero-order chi connectivity index (χ0) is 45.6. The number of amides is 4. The molecular weight excluding hydrogens is 813 g/mol. The van der Waals surface area contributed by atoms with E-state index in [-0.39, 0.29) is 23.6 Å². The Balaban J connectivity index is 0.903. The highest BCUT2D eigenvalue weighted by molar-refractivity contribution is 6.45. The van der Waals surface area contributed by atoms with Crippen LogP contribution < -0.4 is 9.80 Å². The molecule has 6 nitrogen and oxygen atoms in total. The van der Waals surface area contributed by atoms with Crippen LogP contribution in [-0.2, 0) is 12.8 Å². The molecule has 340 valence electrons. The van der Waals surface area contributed by atoms with E-state index in [1.807, 2.05) is 72.8 Å². The van der Waals surface area contributed by atoms with Crippen LogP contribution in [0.2, 0.25) is 0 Å². The van der Waals surface area contributed by atoms with Crippen molar-refractivity contribution in [3.8, 4) is 0 Å². The van der Waals surface area contributed by atoms with Crippen LogP contribution in [-0.4, -0.2) is 23.6 Å². The van der Waals surface area contributed by atoms with Crippen molar-refractivity contribution in [2.45, 2.75) is 155 Å². The molecule has 2 aliphatic rings. The van der Waals surface area contributed by atoms with Gasteiger partial charge in [0.2, 0.25) is 0 Å². The van der Waals surface area contributed by atoms with Crippen LogP contribution >= 0.6 is 0 Å². The molecule has 0 atom stereocenters. The normalized spacial score (nSPS) is 13.8. The minimum Gasteiger partial charge on any atom is -0.268 e. The number of imide groups is 2. The van der Waals surface area contributed by atoms with E-state index in [2.05, 4.69) is 38.1 Å². The molecule has 0 saturated carbocycles. The Morgan fingerprint density at radius 1 is 0.288 bits per heavy atom. The molecule has 66 heavy (non-hydrogen) atoms. The van der Waals surface area contributed by atoms with Crippen molar-refractivity contribution in [1.29, 1.82) is 0 Å². The van der Waals surface area contributed by atoms with Gasteiger partial charge < -0.3 is 0 Å². The van der Waals surface area contributed by atoms with Crippen molar-refractivity contribution in [2.24, 2.45) is 0 Å². The molecule has 4 amide bonds. The molecular formula is C60H66N2O4. The monoisotopic (exact) mass is 879 g/mol. The van der Waals surface area contributed by atoms with Crippen molar-refractivity contribution in [3.05, 3.63) is 130 Å². The van der Waals surface area contributed by atoms with Crippen LogP contribution in [0.4, 0.5) is 11.4 Å². The standard InChI is InChI=1S/C60H66N2O4/c1-3-5-7-9-11-13-15-17-19-21-23-41-25-29-43(30-26-41)61-57(63)49-37-33-45-47-35-39-51-56-52(40-36-48(54(47)56)46-34-38-50(58(61)64)55(49)53(45)46)60(66)62(59(51)65)44-31-27-42(28-32-44)24-22-20-18-16-14-12-10-8-6-4-2/h25-40H,3-24H2,1-2H3. The number of benzene rings is 7. The third-order valence-corrected chi connectivity index (χ3v) is 14.7. The van der Waals surface area contributed by atoms with E-state index < -0.39 is 0 Å². The van der Waals surface area contributed by atoms with E-state index in [1.165, 1.54) is 137 Å². The second kappa shape index (κ2) is 20.7. The first kappa shape index (κ1) is 45.3. The summed E-state index contributed by atoms with van der Waals surface area (Å²) in [6.07, 6.45) is 27.9. The summed E-state index contributed by atoms with van der Waals surface area (Å²) in [6.45, 7) is 4.52. The highest BCUT2D eigenvalue weighted by atomic mass is 16.2. The van der Waals surface area contributed by atoms with E-state index in [0.717, 1.165) is 58.0 Å². The Morgan fingerprint density at radius 3 is 0.818 bits per heavy atom. The third kappa shape index (κ3) is 8.88. The van der Waals surface area contributed by atoms with E-state index >= 15 is 0 Å². The molecule has 0 saturated heterocycles. The summed E-state index contributed by atoms with van der Waals surface area (Å²) in [7, 11) is 0. The second-order valence-electron chi connectivity index (χ2n) is 19.2. The number of unbranched alkanes of at least 4 members (excludes halogenated alkanes) is 18. The SMILES string of the molecule is CCCCCCCCCCCCc1ccc(N2C(=O)c3ccc4c5ccc6c7c(ccc(c8ccc(c3c48)C2=O)c75)C(=O)N(c2ccc(CCCCCCCCCCCC)cc2)C6=O)cc1. The van der Waals surface area contributed by atoms with Gasteiger partial charge in [-0.05, 0) is 118 Å². The fourth-order valence-corrected chi connectivity index (χ4v) is 11.0. The Labute approximate surface area is 391 Å². The predicted molar refractivity (Wildman–Crippen MR) is 274 cm³/mol. The van der Waals surface area contributed by atoms with Gasteiger partial charge in [-0.3, -0.25) is 19.2 Å². The molecule has 7 aromatic rings. The van der Waals surface area contributed by atoms with Crippen molar-refractivity contribution >= 4 is 78.1 Å². The lowest BCUT2D eigenvalue weighted by Crippen LogP contribution is -2.40. The molecule has 0 unspecified atom stereocenters. The summed E-state index contributed by atoms with van der Waals surface area (Å²) in [6, 6.07) is 31.1. The highest BCUT2D eigenvalue weighted by Crippen LogP contribution is 2.47. The van der Waals surface area contributed by atoms with Gasteiger partial charge >= 0.3 is 0 Å². The molecule has 0 aromatic heterocycles. The van der Waals surface area contributed by atoms with Crippen LogP contribution in [0.15, 0.2) is 97.1 Å². The summed E-state index contributed by atoms with van der Waals surface area (Å²) in [5.41, 5.74) is 5.54. The number of rotatable bonds is 24. The summed E-state index contributed by atoms with van der Waals surface area (Å²) in [5.74, 6) is -1.34. The topological polar surface area (TPSA) is 74.8 Å². The third-order valence-electron chi connectivity index (χ3n) is 14.7. The fraction of sp³-hybridized carbons (Fsp3) is 0.400. The summed E-state index contributed by atoms with van der Waals surface area (Å²) >= 11 is 0. The largest absolute Gasteiger partial charge is 0.268 e. The summed E-state index contributed by atoms with van der Waals surface area (Å²) < 4.78 is 0. The van der Waals surface area contributed by atoms with Crippen molar-refractivity contribution < 1.29 is 19.2 Å². The molecule has 0 N–H and O–H groups in total. The Morgan fingerprint density at radius 2 is 0.545 bits per heavy atom. The summed E-state index contributed by atoms with van der Waals surface area (Å²) in [4.78, 5) is 60.1. The Kier molecular flexibility index (Phi) is 14.2. The first-order valence-electron chi connectivity index (χ1n) is 25.6. The predicted octanol–water partition coefficient (Wildman–Crippen LogP) is 16.3. The lowest BCUT2D eigenvalue weighted by molar-refractivity contribution is 0.0877. The molecule has 7 aromatic carbocycles. The molecule has 2 heterocycles. The Hall–Kier alpha value is -5.88. The van der Waals surface area contributed by atoms with Gasteiger partial charge in [-0.15, -0.1) is 0 Å². The molecule has 0 radical (unpaired) electrons. The molecule has 0 bridgehead atoms. The maximum atomic E-state index is 14.4. The number of carbonyl (C=O) groups is 4. The number of hydrogen-bond donors (Lipinski definition) is 0. The van der Waals surface area contributed by atoms with E-state index in [4.69, 9.17) is 0 Å². The minimum atomic E-state index is -0.335. The van der Waals surface area contributed by atoms with Crippen LogP contribution in [0, 0.1) is 0 Å². The van der Waals surface area contributed by atoms with Crippen molar-refractivity contribution in [3.63, 3.8) is 0 Å². The number of fused-ring (bicyclic) bond motifs is 2. The zero-order valence-corrected chi connectivity index (χ0v) is 39.3. The van der Waals surface area contributed by atoms with E-state index in [0.29, 0.717) is 44.4 Å². The quantitative estimate of drug-likeness (QED) is 0.0262. The van der Waals surface area contributed by atoms with Gasteiger partial charge in [0.1, 0.15) is 0 Å². The lowest BCUT2D eigenvalue weighted by Gasteiger charge is -2.30.